The summed E-state index contributed by atoms with van der Waals surface area (Å²) in [5.74, 6) is -0.378. The highest BCUT2D eigenvalue weighted by Gasteiger charge is 2.37. The van der Waals surface area contributed by atoms with Gasteiger partial charge in [-0.25, -0.2) is 19.2 Å². The summed E-state index contributed by atoms with van der Waals surface area (Å²) in [4.78, 5) is 96.4. The van der Waals surface area contributed by atoms with E-state index in [1.54, 1.807) is 54.0 Å². The molecule has 0 aliphatic carbocycles. The van der Waals surface area contributed by atoms with E-state index in [-0.39, 0.29) is 52.2 Å². The van der Waals surface area contributed by atoms with E-state index < -0.39 is 48.0 Å². The molecule has 0 aromatic carbocycles. The van der Waals surface area contributed by atoms with Crippen molar-refractivity contribution in [1.82, 2.24) is 20.4 Å². The fourth-order valence-corrected chi connectivity index (χ4v) is 19.5. The van der Waals surface area contributed by atoms with E-state index in [1.807, 2.05) is 24.6 Å². The van der Waals surface area contributed by atoms with Crippen LogP contribution in [0.3, 0.4) is 0 Å². The number of hydrogen-bond donors (Lipinski definition) is 6. The first-order valence-corrected chi connectivity index (χ1v) is 33.9. The van der Waals surface area contributed by atoms with E-state index in [0.717, 1.165) is 62.9 Å². The Labute approximate surface area is 448 Å². The molecule has 0 spiro atoms. The van der Waals surface area contributed by atoms with E-state index in [2.05, 4.69) is 38.3 Å². The Morgan fingerprint density at radius 1 is 0.486 bits per heavy atom. The van der Waals surface area contributed by atoms with Crippen molar-refractivity contribution in [2.45, 2.75) is 167 Å². The molecule has 6 N–H and O–H groups in total. The lowest BCUT2D eigenvalue weighted by Gasteiger charge is -2.25. The molecule has 8 atom stereocenters. The average molecular weight is 1140 g/mol. The molecule has 0 radical (unpaired) electrons. The first-order chi connectivity index (χ1) is 33.0. The topological polar surface area (TPSA) is 248 Å². The first-order valence-electron chi connectivity index (χ1n) is 24.2. The molecule has 0 bridgehead atoms. The van der Waals surface area contributed by atoms with Gasteiger partial charge in [0.2, 0.25) is 23.6 Å². The Balaban J connectivity index is 0.000000721. The molecular formula is C46H80N4O12S8. The smallest absolute Gasteiger partial charge is 0.327 e. The molecule has 4 amide bonds. The van der Waals surface area contributed by atoms with E-state index in [0.29, 0.717) is 54.5 Å². The maximum Gasteiger partial charge on any atom is 0.327 e. The highest BCUT2D eigenvalue weighted by molar-refractivity contribution is 8.79. The number of hydrogen-bond acceptors (Lipinski definition) is 16. The van der Waals surface area contributed by atoms with E-state index >= 15 is 0 Å². The number of nitrogens with one attached hydrogen (secondary N) is 2. The van der Waals surface area contributed by atoms with Crippen molar-refractivity contribution in [1.29, 1.82) is 0 Å². The van der Waals surface area contributed by atoms with Crippen LogP contribution >= 0.6 is 86.4 Å². The zero-order chi connectivity index (χ0) is 52.8. The molecule has 404 valence electrons. The van der Waals surface area contributed by atoms with Gasteiger partial charge in [-0.3, -0.25) is 19.2 Å². The molecule has 8 unspecified atom stereocenters. The summed E-state index contributed by atoms with van der Waals surface area (Å²) in [6.45, 7) is 16.3. The predicted octanol–water partition coefficient (Wildman–Crippen LogP) is 9.27. The zero-order valence-corrected chi connectivity index (χ0v) is 48.7. The number of carbonyl (C=O) groups is 8. The molecule has 2 fully saturated rings. The number of nitrogens with zero attached hydrogens (tertiary/aromatic N) is 2. The summed E-state index contributed by atoms with van der Waals surface area (Å²) in [5, 5.41) is 42.7. The van der Waals surface area contributed by atoms with Gasteiger partial charge in [-0.05, 0) is 50.4 Å². The van der Waals surface area contributed by atoms with Crippen LogP contribution in [0, 0.1) is 23.7 Å². The van der Waals surface area contributed by atoms with E-state index in [1.165, 1.54) is 58.1 Å². The number of carboxylic acid groups (broad SMARTS) is 4. The largest absolute Gasteiger partial charge is 0.480 e. The van der Waals surface area contributed by atoms with Crippen LogP contribution in [0.25, 0.3) is 0 Å². The van der Waals surface area contributed by atoms with Gasteiger partial charge in [0.05, 0.1) is 0 Å². The lowest BCUT2D eigenvalue weighted by molar-refractivity contribution is -0.149. The summed E-state index contributed by atoms with van der Waals surface area (Å²) in [6, 6.07) is -3.21. The predicted molar refractivity (Wildman–Crippen MR) is 298 cm³/mol. The van der Waals surface area contributed by atoms with Crippen LogP contribution in [0.4, 0.5) is 0 Å². The highest BCUT2D eigenvalue weighted by Crippen LogP contribution is 2.38. The van der Waals surface area contributed by atoms with Gasteiger partial charge < -0.3 is 40.9 Å². The molecular weight excluding hydrogens is 1060 g/mol. The molecule has 0 saturated carbocycles. The average Bonchev–Trinajstić information content (AvgIpc) is 3.99. The Bertz CT molecular complexity index is 1620. The summed E-state index contributed by atoms with van der Waals surface area (Å²) in [6.07, 6.45) is 11.5. The first kappa shape index (κ1) is 66.6. The summed E-state index contributed by atoms with van der Waals surface area (Å²) >= 11 is 0. The standard InChI is InChI=1S/C27H46N2O6S4.C19H34N2O6S4/c1-18(2)9-5-6-10-21(39-38-16-20(4)25(31)29-14-8-12-23(29)27(34)35)17-37-36-15-19(3)24(30)28-13-7-11-22(28)26(32)33;1-12(2)7-5-6-8-15(31-30-11-17(19(26)27)21-14(4)23)9-28-29-10-16(18(24)25)20-13(3)22/h18-23H,5-17H2,1-4H3,(H,32,33)(H,34,35);12,15-17H,5-11H2,1-4H3,(H,20,22)(H,21,23)(H,24,25)(H,26,27). The summed E-state index contributed by atoms with van der Waals surface area (Å²) in [5.41, 5.74) is 0. The third kappa shape index (κ3) is 29.5. The Morgan fingerprint density at radius 2 is 0.814 bits per heavy atom. The van der Waals surface area contributed by atoms with Crippen LogP contribution in [-0.4, -0.2) is 160 Å². The maximum absolute atomic E-state index is 12.9. The molecule has 0 aromatic rings. The second-order valence-corrected chi connectivity index (χ2v) is 29.1. The number of likely N-dealkylation sites (tertiary alicyclic amines) is 2. The molecule has 24 heteroatoms. The zero-order valence-electron chi connectivity index (χ0n) is 42.1. The van der Waals surface area contributed by atoms with Crippen molar-refractivity contribution < 1.29 is 58.8 Å². The Kier molecular flexibility index (Phi) is 36.3. The monoisotopic (exact) mass is 1140 g/mol. The fraction of sp³-hybridized carbons (Fsp3) is 0.826. The quantitative estimate of drug-likeness (QED) is 0.0253. The number of carboxylic acids is 4. The summed E-state index contributed by atoms with van der Waals surface area (Å²) < 4.78 is 0. The van der Waals surface area contributed by atoms with Gasteiger partial charge in [-0.1, -0.05) is 166 Å². The lowest BCUT2D eigenvalue weighted by Crippen LogP contribution is -2.43. The van der Waals surface area contributed by atoms with Gasteiger partial charge in [0, 0.05) is 83.8 Å². The molecule has 2 aliphatic heterocycles. The second kappa shape index (κ2) is 38.2. The number of amides is 4. The van der Waals surface area contributed by atoms with Crippen molar-refractivity contribution >= 4 is 134 Å². The van der Waals surface area contributed by atoms with Crippen molar-refractivity contribution in [3.8, 4) is 0 Å². The molecule has 2 saturated heterocycles. The normalized spacial score (nSPS) is 18.3. The Morgan fingerprint density at radius 3 is 1.17 bits per heavy atom. The van der Waals surface area contributed by atoms with Crippen molar-refractivity contribution in [2.24, 2.45) is 23.7 Å². The van der Waals surface area contributed by atoms with Crippen molar-refractivity contribution in [3.05, 3.63) is 0 Å². The van der Waals surface area contributed by atoms with Gasteiger partial charge in [0.15, 0.2) is 0 Å². The van der Waals surface area contributed by atoms with E-state index in [4.69, 9.17) is 0 Å². The number of rotatable bonds is 36. The van der Waals surface area contributed by atoms with Crippen LogP contribution in [0.2, 0.25) is 0 Å². The lowest BCUT2D eigenvalue weighted by atomic mass is 10.0. The van der Waals surface area contributed by atoms with E-state index in [9.17, 15) is 58.8 Å². The van der Waals surface area contributed by atoms with Crippen LogP contribution in [0.5, 0.6) is 0 Å². The maximum atomic E-state index is 12.9. The van der Waals surface area contributed by atoms with Crippen LogP contribution < -0.4 is 10.6 Å². The fourth-order valence-electron chi connectivity index (χ4n) is 7.25. The second-order valence-electron chi connectivity index (χ2n) is 18.5. The molecule has 2 heterocycles. The number of unbranched alkanes of at least 4 members (excludes halogenated alkanes) is 2. The minimum absolute atomic E-state index is 0.0618. The molecule has 70 heavy (non-hydrogen) atoms. The van der Waals surface area contributed by atoms with Crippen molar-refractivity contribution in [3.63, 3.8) is 0 Å². The van der Waals surface area contributed by atoms with Gasteiger partial charge in [-0.2, -0.15) is 0 Å². The SMILES string of the molecule is CC(=O)NC(CSSCC(CCCCC(C)C)SSCC(NC(C)=O)C(=O)O)C(=O)O.CC(C)CCCCC(CSSCC(C)C(=O)N1CCCC1C(=O)O)SSCC(C)C(=O)N1CCCC1C(=O)O. The third-order valence-corrected chi connectivity index (χ3v) is 22.7. The van der Waals surface area contributed by atoms with Gasteiger partial charge in [-0.15, -0.1) is 0 Å². The van der Waals surface area contributed by atoms with Gasteiger partial charge >= 0.3 is 23.9 Å². The molecule has 16 nitrogen and oxygen atoms in total. The summed E-state index contributed by atoms with van der Waals surface area (Å²) in [7, 11) is 13.0. The van der Waals surface area contributed by atoms with Crippen LogP contribution in [-0.2, 0) is 38.4 Å². The van der Waals surface area contributed by atoms with Crippen molar-refractivity contribution in [2.75, 3.05) is 47.6 Å². The molecule has 2 aliphatic rings. The third-order valence-electron chi connectivity index (χ3n) is 11.1. The molecule has 2 rings (SSSR count). The van der Waals surface area contributed by atoms with Crippen LogP contribution in [0.15, 0.2) is 0 Å². The Hall–Kier alpha value is -1.44. The van der Waals surface area contributed by atoms with Crippen LogP contribution in [0.1, 0.15) is 132 Å². The number of aliphatic carboxylic acids is 4. The van der Waals surface area contributed by atoms with Gasteiger partial charge in [0.25, 0.3) is 0 Å². The molecule has 0 aromatic heterocycles. The highest BCUT2D eigenvalue weighted by atomic mass is 33.1. The minimum Gasteiger partial charge on any atom is -0.480 e. The minimum atomic E-state index is -1.06. The van der Waals surface area contributed by atoms with Gasteiger partial charge in [0.1, 0.15) is 24.2 Å². The number of carbonyl (C=O) groups excluding carboxylic acids is 4.